The minimum Gasteiger partial charge on any atom is -0.494 e. The van der Waals surface area contributed by atoms with Crippen LogP contribution in [0.5, 0.6) is 17.2 Å². The van der Waals surface area contributed by atoms with Crippen LogP contribution >= 0.6 is 0 Å². The quantitative estimate of drug-likeness (QED) is 0.458. The van der Waals surface area contributed by atoms with Crippen LogP contribution in [0.4, 0.5) is 11.4 Å². The van der Waals surface area contributed by atoms with Gasteiger partial charge in [0.05, 0.1) is 18.6 Å². The Labute approximate surface area is 193 Å². The van der Waals surface area contributed by atoms with Gasteiger partial charge in [-0.3, -0.25) is 9.52 Å². The molecule has 2 N–H and O–H groups in total. The maximum absolute atomic E-state index is 12.7. The Morgan fingerprint density at radius 3 is 2.12 bits per heavy atom. The molecule has 0 radical (unpaired) electrons. The van der Waals surface area contributed by atoms with Crippen molar-refractivity contribution in [2.24, 2.45) is 0 Å². The molecular weight excluding hydrogens is 444 g/mol. The first-order valence-electron chi connectivity index (χ1n) is 10.3. The van der Waals surface area contributed by atoms with E-state index in [4.69, 9.17) is 14.2 Å². The number of sulfonamides is 1. The van der Waals surface area contributed by atoms with Crippen LogP contribution in [0, 0.1) is 0 Å². The SMILES string of the molecule is CCOc1ccc(NS(=O)(=O)c2ccc(NC(=O)C(C)Oc3ccccc3OC)cc2)cc1. The Balaban J connectivity index is 1.62. The van der Waals surface area contributed by atoms with Crippen molar-refractivity contribution in [3.8, 4) is 17.2 Å². The van der Waals surface area contributed by atoms with E-state index in [0.717, 1.165) is 0 Å². The number of methoxy groups -OCH3 is 1. The van der Waals surface area contributed by atoms with Crippen molar-refractivity contribution in [3.05, 3.63) is 72.8 Å². The molecule has 0 fully saturated rings. The Morgan fingerprint density at radius 2 is 1.52 bits per heavy atom. The molecule has 0 spiro atoms. The Hall–Kier alpha value is -3.72. The van der Waals surface area contributed by atoms with E-state index in [1.807, 2.05) is 6.92 Å². The van der Waals surface area contributed by atoms with E-state index in [2.05, 4.69) is 10.0 Å². The monoisotopic (exact) mass is 470 g/mol. The van der Waals surface area contributed by atoms with Crippen molar-refractivity contribution in [1.29, 1.82) is 0 Å². The van der Waals surface area contributed by atoms with Gasteiger partial charge in [-0.15, -0.1) is 0 Å². The first-order chi connectivity index (χ1) is 15.8. The second kappa shape index (κ2) is 10.7. The summed E-state index contributed by atoms with van der Waals surface area (Å²) in [6, 6.07) is 19.5. The molecule has 0 heterocycles. The lowest BCUT2D eigenvalue weighted by Gasteiger charge is -2.16. The van der Waals surface area contributed by atoms with Gasteiger partial charge in [0.1, 0.15) is 5.75 Å². The van der Waals surface area contributed by atoms with E-state index < -0.39 is 16.1 Å². The van der Waals surface area contributed by atoms with Crippen LogP contribution in [0.3, 0.4) is 0 Å². The summed E-state index contributed by atoms with van der Waals surface area (Å²) in [6.07, 6.45) is -0.800. The van der Waals surface area contributed by atoms with Crippen molar-refractivity contribution >= 4 is 27.3 Å². The standard InChI is InChI=1S/C24H26N2O6S/c1-4-31-20-13-9-19(10-14-20)26-33(28,29)21-15-11-18(12-16-21)25-24(27)17(2)32-23-8-6-5-7-22(23)30-3/h5-17,26H,4H2,1-3H3,(H,25,27). The molecule has 0 saturated heterocycles. The zero-order valence-electron chi connectivity index (χ0n) is 18.6. The van der Waals surface area contributed by atoms with E-state index in [1.165, 1.54) is 31.4 Å². The van der Waals surface area contributed by atoms with Crippen molar-refractivity contribution < 1.29 is 27.4 Å². The highest BCUT2D eigenvalue weighted by molar-refractivity contribution is 7.92. The lowest BCUT2D eigenvalue weighted by Crippen LogP contribution is -2.30. The Morgan fingerprint density at radius 1 is 0.909 bits per heavy atom. The molecule has 3 aromatic carbocycles. The number of para-hydroxylation sites is 2. The summed E-state index contributed by atoms with van der Waals surface area (Å²) in [7, 11) is -2.27. The number of nitrogens with one attached hydrogen (secondary N) is 2. The van der Waals surface area contributed by atoms with Crippen molar-refractivity contribution in [2.75, 3.05) is 23.8 Å². The fourth-order valence-corrected chi connectivity index (χ4v) is 3.98. The summed E-state index contributed by atoms with van der Waals surface area (Å²) in [5, 5.41) is 2.71. The Kier molecular flexibility index (Phi) is 7.78. The fourth-order valence-electron chi connectivity index (χ4n) is 2.92. The molecular formula is C24H26N2O6S. The van der Waals surface area contributed by atoms with Gasteiger partial charge in [-0.05, 0) is 74.5 Å². The minimum absolute atomic E-state index is 0.0627. The largest absolute Gasteiger partial charge is 0.494 e. The molecule has 0 bridgehead atoms. The van der Waals surface area contributed by atoms with Crippen LogP contribution in [-0.4, -0.2) is 34.1 Å². The number of amides is 1. The number of rotatable bonds is 10. The summed E-state index contributed by atoms with van der Waals surface area (Å²) in [5.74, 6) is 1.24. The zero-order chi connectivity index (χ0) is 23.8. The summed E-state index contributed by atoms with van der Waals surface area (Å²) in [6.45, 7) is 4.01. The van der Waals surface area contributed by atoms with Gasteiger partial charge < -0.3 is 19.5 Å². The van der Waals surface area contributed by atoms with Crippen LogP contribution in [0.1, 0.15) is 13.8 Å². The lowest BCUT2D eigenvalue weighted by molar-refractivity contribution is -0.122. The molecule has 3 rings (SSSR count). The third-order valence-electron chi connectivity index (χ3n) is 4.59. The molecule has 0 saturated carbocycles. The molecule has 8 nitrogen and oxygen atoms in total. The van der Waals surface area contributed by atoms with Crippen LogP contribution in [0.25, 0.3) is 0 Å². The third-order valence-corrected chi connectivity index (χ3v) is 5.99. The number of carbonyl (C=O) groups excluding carboxylic acids is 1. The highest BCUT2D eigenvalue weighted by Crippen LogP contribution is 2.27. The molecule has 0 aliphatic rings. The smallest absolute Gasteiger partial charge is 0.265 e. The van der Waals surface area contributed by atoms with Crippen molar-refractivity contribution in [3.63, 3.8) is 0 Å². The lowest BCUT2D eigenvalue weighted by atomic mass is 10.3. The van der Waals surface area contributed by atoms with Gasteiger partial charge in [0, 0.05) is 11.4 Å². The van der Waals surface area contributed by atoms with Gasteiger partial charge in [0.25, 0.3) is 15.9 Å². The first kappa shape index (κ1) is 23.9. The van der Waals surface area contributed by atoms with E-state index >= 15 is 0 Å². The molecule has 174 valence electrons. The molecule has 0 aromatic heterocycles. The maximum Gasteiger partial charge on any atom is 0.265 e. The van der Waals surface area contributed by atoms with Gasteiger partial charge in [-0.2, -0.15) is 0 Å². The van der Waals surface area contributed by atoms with Crippen LogP contribution in [0.2, 0.25) is 0 Å². The summed E-state index contributed by atoms with van der Waals surface area (Å²) >= 11 is 0. The van der Waals surface area contributed by atoms with Crippen LogP contribution in [-0.2, 0) is 14.8 Å². The number of hydrogen-bond acceptors (Lipinski definition) is 6. The number of benzene rings is 3. The molecule has 1 unspecified atom stereocenters. The van der Waals surface area contributed by atoms with E-state index in [9.17, 15) is 13.2 Å². The predicted octanol–water partition coefficient (Wildman–Crippen LogP) is 4.30. The maximum atomic E-state index is 12.7. The number of carbonyl (C=O) groups is 1. The van der Waals surface area contributed by atoms with Gasteiger partial charge in [0.15, 0.2) is 17.6 Å². The van der Waals surface area contributed by atoms with Gasteiger partial charge >= 0.3 is 0 Å². The molecule has 3 aromatic rings. The zero-order valence-corrected chi connectivity index (χ0v) is 19.4. The fraction of sp³-hybridized carbons (Fsp3) is 0.208. The highest BCUT2D eigenvalue weighted by atomic mass is 32.2. The molecule has 0 aliphatic carbocycles. The Bertz CT molecular complexity index is 1180. The average molecular weight is 471 g/mol. The van der Waals surface area contributed by atoms with Crippen molar-refractivity contribution in [1.82, 2.24) is 0 Å². The first-order valence-corrected chi connectivity index (χ1v) is 11.8. The van der Waals surface area contributed by atoms with E-state index in [0.29, 0.717) is 35.2 Å². The highest BCUT2D eigenvalue weighted by Gasteiger charge is 2.18. The number of anilines is 2. The summed E-state index contributed by atoms with van der Waals surface area (Å²) < 4.78 is 44.1. The molecule has 33 heavy (non-hydrogen) atoms. The topological polar surface area (TPSA) is 103 Å². The summed E-state index contributed by atoms with van der Waals surface area (Å²) in [4.78, 5) is 12.6. The number of hydrogen-bond donors (Lipinski definition) is 2. The van der Waals surface area contributed by atoms with Gasteiger partial charge in [0.2, 0.25) is 0 Å². The second-order valence-electron chi connectivity index (χ2n) is 6.99. The molecule has 9 heteroatoms. The minimum atomic E-state index is -3.79. The van der Waals surface area contributed by atoms with Crippen molar-refractivity contribution in [2.45, 2.75) is 24.8 Å². The van der Waals surface area contributed by atoms with E-state index in [-0.39, 0.29) is 10.8 Å². The van der Waals surface area contributed by atoms with Crippen LogP contribution in [0.15, 0.2) is 77.7 Å². The normalized spacial score (nSPS) is 11.8. The average Bonchev–Trinajstić information content (AvgIpc) is 2.81. The van der Waals surface area contributed by atoms with Gasteiger partial charge in [-0.25, -0.2) is 8.42 Å². The van der Waals surface area contributed by atoms with Gasteiger partial charge in [-0.1, -0.05) is 12.1 Å². The predicted molar refractivity (Wildman–Crippen MR) is 127 cm³/mol. The number of ether oxygens (including phenoxy) is 3. The second-order valence-corrected chi connectivity index (χ2v) is 8.67. The summed E-state index contributed by atoms with van der Waals surface area (Å²) in [5.41, 5.74) is 0.855. The molecule has 0 aliphatic heterocycles. The molecule has 1 atom stereocenters. The molecule has 1 amide bonds. The van der Waals surface area contributed by atoms with Crippen LogP contribution < -0.4 is 24.2 Å². The third kappa shape index (κ3) is 6.39. The van der Waals surface area contributed by atoms with E-state index in [1.54, 1.807) is 55.5 Å².